The summed E-state index contributed by atoms with van der Waals surface area (Å²) in [5, 5.41) is 0. The van der Waals surface area contributed by atoms with Gasteiger partial charge in [0, 0.05) is 23.1 Å². The summed E-state index contributed by atoms with van der Waals surface area (Å²) in [6, 6.07) is 0. The second-order valence-corrected chi connectivity index (χ2v) is 6.87. The van der Waals surface area contributed by atoms with Crippen molar-refractivity contribution in [3.05, 3.63) is 0 Å². The van der Waals surface area contributed by atoms with Crippen LogP contribution in [0.3, 0.4) is 0 Å². The van der Waals surface area contributed by atoms with E-state index >= 15 is 0 Å². The van der Waals surface area contributed by atoms with Crippen molar-refractivity contribution in [2.75, 3.05) is 0 Å². The van der Waals surface area contributed by atoms with Crippen LogP contribution in [0.1, 0.15) is 118 Å². The fraction of sp³-hybridized carbons (Fsp3) is 1.00. The van der Waals surface area contributed by atoms with Crippen molar-refractivity contribution in [1.29, 1.82) is 0 Å². The average molecular weight is 323 g/mol. The molecule has 1 nitrogen and oxygen atoms in total. The number of hydrogen-bond acceptors (Lipinski definition) is 1. The first-order valence-corrected chi connectivity index (χ1v) is 9.86. The van der Waals surface area contributed by atoms with E-state index in [0.29, 0.717) is 12.2 Å². The highest BCUT2D eigenvalue weighted by Gasteiger charge is 2.08. The molecule has 0 heterocycles. The van der Waals surface area contributed by atoms with Crippen LogP contribution in [0.25, 0.3) is 0 Å². The third-order valence-corrected chi connectivity index (χ3v) is 4.39. The third kappa shape index (κ3) is 18.8. The Kier molecular flexibility index (Phi) is 22.4. The smallest absolute Gasteiger partial charge is 0.0550 e. The van der Waals surface area contributed by atoms with Crippen LogP contribution in [0.4, 0.5) is 0 Å². The lowest BCUT2D eigenvalue weighted by Gasteiger charge is -2.19. The van der Waals surface area contributed by atoms with Crippen molar-refractivity contribution in [3.63, 3.8) is 0 Å². The molecule has 0 aliphatic rings. The highest BCUT2D eigenvalue weighted by atomic mass is 24.3. The first kappa shape index (κ1) is 25.0. The average Bonchev–Trinajstić information content (AvgIpc) is 2.46. The molecule has 0 aromatic heterocycles. The molecule has 0 amide bonds. The molecule has 2 radical (unpaired) electrons. The van der Waals surface area contributed by atoms with E-state index in [-0.39, 0.29) is 23.1 Å². The summed E-state index contributed by atoms with van der Waals surface area (Å²) in [5.74, 6) is 0. The van der Waals surface area contributed by atoms with Crippen LogP contribution in [0.2, 0.25) is 0 Å². The molecule has 2 unspecified atom stereocenters. The molecule has 0 saturated carbocycles. The van der Waals surface area contributed by atoms with Gasteiger partial charge in [-0.3, -0.25) is 0 Å². The highest BCUT2D eigenvalue weighted by Crippen LogP contribution is 2.15. The molecule has 0 rings (SSSR count). The monoisotopic (exact) mass is 322 g/mol. The standard InChI is InChI=1S/C20H42O.Mg/c1-5-7-9-11-13-15-17-19(3)21-20(4)18-16-14-12-10-8-6-2;/h19-20H,5-18H2,1-4H3;. The van der Waals surface area contributed by atoms with E-state index in [9.17, 15) is 0 Å². The molecule has 0 aromatic rings. The van der Waals surface area contributed by atoms with Gasteiger partial charge in [-0.25, -0.2) is 0 Å². The predicted molar refractivity (Wildman–Crippen MR) is 102 cm³/mol. The molecular weight excluding hydrogens is 281 g/mol. The van der Waals surface area contributed by atoms with E-state index in [2.05, 4.69) is 27.7 Å². The van der Waals surface area contributed by atoms with Gasteiger partial charge >= 0.3 is 0 Å². The Morgan fingerprint density at radius 2 is 0.864 bits per heavy atom. The summed E-state index contributed by atoms with van der Waals surface area (Å²) < 4.78 is 6.11. The van der Waals surface area contributed by atoms with Gasteiger partial charge in [-0.2, -0.15) is 0 Å². The largest absolute Gasteiger partial charge is 0.376 e. The number of ether oxygens (including phenoxy) is 1. The van der Waals surface area contributed by atoms with E-state index in [4.69, 9.17) is 4.74 Å². The zero-order valence-electron chi connectivity index (χ0n) is 16.2. The van der Waals surface area contributed by atoms with Crippen molar-refractivity contribution >= 4 is 23.1 Å². The van der Waals surface area contributed by atoms with E-state index in [1.54, 1.807) is 0 Å². The predicted octanol–water partition coefficient (Wildman–Crippen LogP) is 6.90. The summed E-state index contributed by atoms with van der Waals surface area (Å²) in [6.07, 6.45) is 20.0. The molecule has 130 valence electrons. The van der Waals surface area contributed by atoms with Crippen LogP contribution in [-0.2, 0) is 4.74 Å². The summed E-state index contributed by atoms with van der Waals surface area (Å²) >= 11 is 0. The van der Waals surface area contributed by atoms with Gasteiger partial charge in [-0.1, -0.05) is 90.9 Å². The van der Waals surface area contributed by atoms with Crippen LogP contribution >= 0.6 is 0 Å². The number of unbranched alkanes of at least 4 members (excludes halogenated alkanes) is 10. The van der Waals surface area contributed by atoms with Gasteiger partial charge < -0.3 is 4.74 Å². The topological polar surface area (TPSA) is 9.23 Å². The van der Waals surface area contributed by atoms with Crippen LogP contribution in [0.5, 0.6) is 0 Å². The lowest BCUT2D eigenvalue weighted by Crippen LogP contribution is -2.17. The quantitative estimate of drug-likeness (QED) is 0.222. The molecular formula is C20H42MgO. The summed E-state index contributed by atoms with van der Waals surface area (Å²) in [7, 11) is 0. The van der Waals surface area contributed by atoms with Gasteiger partial charge in [0.2, 0.25) is 0 Å². The van der Waals surface area contributed by atoms with Gasteiger partial charge in [-0.15, -0.1) is 0 Å². The molecule has 0 N–H and O–H groups in total. The second-order valence-electron chi connectivity index (χ2n) is 6.87. The molecule has 22 heavy (non-hydrogen) atoms. The van der Waals surface area contributed by atoms with Gasteiger partial charge in [0.1, 0.15) is 0 Å². The Bertz CT molecular complexity index is 176. The van der Waals surface area contributed by atoms with E-state index in [0.717, 1.165) is 0 Å². The molecule has 0 bridgehead atoms. The summed E-state index contributed by atoms with van der Waals surface area (Å²) in [4.78, 5) is 0. The number of rotatable bonds is 16. The van der Waals surface area contributed by atoms with Crippen LogP contribution in [0.15, 0.2) is 0 Å². The van der Waals surface area contributed by atoms with Crippen LogP contribution in [0, 0.1) is 0 Å². The van der Waals surface area contributed by atoms with E-state index in [1.165, 1.54) is 89.9 Å². The minimum Gasteiger partial charge on any atom is -0.376 e. The van der Waals surface area contributed by atoms with Crippen molar-refractivity contribution in [2.24, 2.45) is 0 Å². The SMILES string of the molecule is CCCCCCCCC(C)OC(C)CCCCCCCC.[Mg]. The summed E-state index contributed by atoms with van der Waals surface area (Å²) in [5.41, 5.74) is 0. The van der Waals surface area contributed by atoms with Gasteiger partial charge in [-0.05, 0) is 26.7 Å². The highest BCUT2D eigenvalue weighted by molar-refractivity contribution is 5.75. The van der Waals surface area contributed by atoms with Crippen LogP contribution in [-0.4, -0.2) is 35.3 Å². The Balaban J connectivity index is 0. The first-order valence-electron chi connectivity index (χ1n) is 9.86. The first-order chi connectivity index (χ1) is 10.2. The van der Waals surface area contributed by atoms with Gasteiger partial charge in [0.05, 0.1) is 12.2 Å². The molecule has 2 heteroatoms. The molecule has 0 saturated heterocycles. The van der Waals surface area contributed by atoms with Crippen LogP contribution < -0.4 is 0 Å². The molecule has 0 fully saturated rings. The Morgan fingerprint density at radius 3 is 1.23 bits per heavy atom. The van der Waals surface area contributed by atoms with E-state index < -0.39 is 0 Å². The minimum absolute atomic E-state index is 0. The Labute approximate surface area is 157 Å². The minimum atomic E-state index is 0. The van der Waals surface area contributed by atoms with Gasteiger partial charge in [0.25, 0.3) is 0 Å². The summed E-state index contributed by atoms with van der Waals surface area (Å²) in [6.45, 7) is 9.07. The molecule has 0 aromatic carbocycles. The van der Waals surface area contributed by atoms with Crippen molar-refractivity contribution < 1.29 is 4.74 Å². The molecule has 0 spiro atoms. The zero-order chi connectivity index (χ0) is 15.8. The number of hydrogen-bond donors (Lipinski definition) is 0. The normalized spacial score (nSPS) is 13.6. The van der Waals surface area contributed by atoms with Crippen molar-refractivity contribution in [3.8, 4) is 0 Å². The van der Waals surface area contributed by atoms with Crippen molar-refractivity contribution in [1.82, 2.24) is 0 Å². The zero-order valence-corrected chi connectivity index (χ0v) is 17.6. The maximum absolute atomic E-state index is 6.11. The maximum Gasteiger partial charge on any atom is 0.0550 e. The molecule has 0 aliphatic heterocycles. The fourth-order valence-electron chi connectivity index (χ4n) is 2.96. The van der Waals surface area contributed by atoms with Gasteiger partial charge in [0.15, 0.2) is 0 Å². The molecule has 0 aliphatic carbocycles. The van der Waals surface area contributed by atoms with E-state index in [1.807, 2.05) is 0 Å². The second kappa shape index (κ2) is 19.8. The Morgan fingerprint density at radius 1 is 0.545 bits per heavy atom. The lowest BCUT2D eigenvalue weighted by atomic mass is 10.1. The third-order valence-electron chi connectivity index (χ3n) is 4.39. The maximum atomic E-state index is 6.11. The fourth-order valence-corrected chi connectivity index (χ4v) is 2.96. The molecule has 2 atom stereocenters. The lowest BCUT2D eigenvalue weighted by molar-refractivity contribution is -0.00231. The van der Waals surface area contributed by atoms with Crippen molar-refractivity contribution in [2.45, 2.75) is 130 Å². The Hall–Kier alpha value is 0.726.